The number of nitrogens with zero attached hydrogens (tertiary/aromatic N) is 6. The van der Waals surface area contributed by atoms with Gasteiger partial charge in [0.2, 0.25) is 0 Å². The summed E-state index contributed by atoms with van der Waals surface area (Å²) in [6, 6.07) is 10.5. The van der Waals surface area contributed by atoms with Gasteiger partial charge in [-0.05, 0) is 38.5 Å². The van der Waals surface area contributed by atoms with Crippen LogP contribution in [0.15, 0.2) is 58.5 Å². The molecule has 1 aromatic carbocycles. The van der Waals surface area contributed by atoms with E-state index in [2.05, 4.69) is 16.2 Å². The molecule has 0 saturated carbocycles. The Balaban J connectivity index is 2.17. The summed E-state index contributed by atoms with van der Waals surface area (Å²) in [6.07, 6.45) is 4.76. The van der Waals surface area contributed by atoms with Crippen LogP contribution in [0.5, 0.6) is 0 Å². The third-order valence-electron chi connectivity index (χ3n) is 4.89. The summed E-state index contributed by atoms with van der Waals surface area (Å²) in [7, 11) is 0. The van der Waals surface area contributed by atoms with E-state index in [1.807, 2.05) is 31.2 Å². The smallest absolute Gasteiger partial charge is 0.279 e. The second-order valence-corrected chi connectivity index (χ2v) is 6.87. The Kier molecular flexibility index (Phi) is 4.35. The van der Waals surface area contributed by atoms with Gasteiger partial charge in [-0.1, -0.05) is 18.2 Å². The molecule has 4 rings (SSSR count). The third kappa shape index (κ3) is 2.84. The fourth-order valence-electron chi connectivity index (χ4n) is 3.51. The number of fused-ring (bicyclic) bond motifs is 1. The van der Waals surface area contributed by atoms with Crippen LogP contribution in [0.2, 0.25) is 0 Å². The molecule has 0 saturated heterocycles. The topological polar surface area (TPSA) is 98.5 Å². The zero-order valence-corrected chi connectivity index (χ0v) is 16.2. The normalized spacial score (nSPS) is 12.1. The van der Waals surface area contributed by atoms with Crippen molar-refractivity contribution in [2.75, 3.05) is 0 Å². The van der Waals surface area contributed by atoms with Crippen molar-refractivity contribution >= 4 is 10.9 Å². The van der Waals surface area contributed by atoms with Crippen LogP contribution in [-0.4, -0.2) is 23.9 Å². The Bertz CT molecular complexity index is 1400. The van der Waals surface area contributed by atoms with Crippen LogP contribution in [0.4, 0.5) is 0 Å². The van der Waals surface area contributed by atoms with E-state index in [9.17, 15) is 14.9 Å². The first-order valence-electron chi connectivity index (χ1n) is 9.07. The van der Waals surface area contributed by atoms with Crippen molar-refractivity contribution < 1.29 is 0 Å². The number of pyridine rings is 1. The molecule has 1 atom stereocenters. The molecule has 0 amide bonds. The van der Waals surface area contributed by atoms with Gasteiger partial charge in [0, 0.05) is 11.6 Å². The minimum absolute atomic E-state index is 0.217. The number of hydrogen-bond acceptors (Lipinski definition) is 5. The molecule has 3 heterocycles. The van der Waals surface area contributed by atoms with Crippen molar-refractivity contribution in [3.05, 3.63) is 81.0 Å². The van der Waals surface area contributed by atoms with E-state index in [0.29, 0.717) is 11.4 Å². The molecule has 0 radical (unpaired) electrons. The highest BCUT2D eigenvalue weighted by atomic mass is 16.2. The van der Waals surface area contributed by atoms with Gasteiger partial charge in [-0.3, -0.25) is 14.3 Å². The first-order valence-corrected chi connectivity index (χ1v) is 9.07. The number of para-hydroxylation sites is 1. The van der Waals surface area contributed by atoms with E-state index in [0.717, 1.165) is 21.0 Å². The van der Waals surface area contributed by atoms with Crippen LogP contribution in [0.1, 0.15) is 24.2 Å². The highest BCUT2D eigenvalue weighted by Crippen LogP contribution is 2.19. The number of nitriles is 1. The summed E-state index contributed by atoms with van der Waals surface area (Å²) in [4.78, 5) is 30.8. The van der Waals surface area contributed by atoms with E-state index in [-0.39, 0.29) is 5.69 Å². The molecular weight excluding hydrogens is 368 g/mol. The largest absolute Gasteiger partial charge is 0.337 e. The van der Waals surface area contributed by atoms with Gasteiger partial charge in [0.05, 0.1) is 35.4 Å². The van der Waals surface area contributed by atoms with Crippen molar-refractivity contribution in [1.29, 1.82) is 5.26 Å². The number of aromatic nitrogens is 5. The predicted molar refractivity (Wildman–Crippen MR) is 109 cm³/mol. The van der Waals surface area contributed by atoms with Gasteiger partial charge < -0.3 is 0 Å². The van der Waals surface area contributed by atoms with Crippen LogP contribution in [0.3, 0.4) is 0 Å². The van der Waals surface area contributed by atoms with Crippen LogP contribution in [0.25, 0.3) is 22.3 Å². The third-order valence-corrected chi connectivity index (χ3v) is 4.89. The summed E-state index contributed by atoms with van der Waals surface area (Å²) in [6.45, 7) is 5.10. The Labute approximate surface area is 165 Å². The van der Waals surface area contributed by atoms with Crippen molar-refractivity contribution in [1.82, 2.24) is 23.9 Å². The first kappa shape index (κ1) is 18.4. The lowest BCUT2D eigenvalue weighted by atomic mass is 10.2. The minimum Gasteiger partial charge on any atom is -0.279 e. The first-order chi connectivity index (χ1) is 13.9. The molecule has 8 nitrogen and oxygen atoms in total. The van der Waals surface area contributed by atoms with E-state index in [1.165, 1.54) is 15.4 Å². The number of rotatable bonds is 3. The van der Waals surface area contributed by atoms with Crippen molar-refractivity contribution in [2.45, 2.75) is 26.8 Å². The maximum absolute atomic E-state index is 13.5. The lowest BCUT2D eigenvalue weighted by molar-refractivity contribution is 0.575. The van der Waals surface area contributed by atoms with Crippen molar-refractivity contribution in [3.8, 4) is 17.4 Å². The fourth-order valence-corrected chi connectivity index (χ4v) is 3.51. The van der Waals surface area contributed by atoms with Gasteiger partial charge in [0.25, 0.3) is 5.56 Å². The van der Waals surface area contributed by atoms with E-state index in [1.54, 1.807) is 32.3 Å². The Morgan fingerprint density at radius 3 is 2.59 bits per heavy atom. The lowest BCUT2D eigenvalue weighted by Crippen LogP contribution is -2.43. The second-order valence-electron chi connectivity index (χ2n) is 6.87. The molecule has 0 fully saturated rings. The highest BCUT2D eigenvalue weighted by Gasteiger charge is 2.23. The summed E-state index contributed by atoms with van der Waals surface area (Å²) in [5.41, 5.74) is 1.37. The Hall–Kier alpha value is -3.99. The zero-order chi connectivity index (χ0) is 20.7. The number of aryl methyl sites for hydroxylation is 1. The molecule has 0 aliphatic heterocycles. The molecule has 3 aromatic heterocycles. The standard InChI is InChI=1S/C21H18N6O2/c1-13-8-17(12-23-10-13)26-20(28)19(15(3)25(21(26)29)14(2)9-22)27-18-7-5-4-6-16(18)11-24-27/h4-8,10-12,14H,1-3H3/t14-/m0/s1. The molecule has 0 N–H and O–H groups in total. The summed E-state index contributed by atoms with van der Waals surface area (Å²) < 4.78 is 3.88. The second kappa shape index (κ2) is 6.87. The molecule has 0 spiro atoms. The number of hydrogen-bond donors (Lipinski definition) is 0. The van der Waals surface area contributed by atoms with Gasteiger partial charge in [-0.2, -0.15) is 10.4 Å². The van der Waals surface area contributed by atoms with E-state index >= 15 is 0 Å². The molecule has 144 valence electrons. The molecule has 0 unspecified atom stereocenters. The molecular formula is C21H18N6O2. The quantitative estimate of drug-likeness (QED) is 0.538. The molecule has 0 aliphatic rings. The maximum atomic E-state index is 13.5. The predicted octanol–water partition coefficient (Wildman–Crippen LogP) is 2.43. The monoisotopic (exact) mass is 386 g/mol. The molecule has 4 aromatic rings. The van der Waals surface area contributed by atoms with Crippen LogP contribution < -0.4 is 11.2 Å². The highest BCUT2D eigenvalue weighted by molar-refractivity contribution is 5.80. The molecule has 0 bridgehead atoms. The van der Waals surface area contributed by atoms with Crippen LogP contribution >= 0.6 is 0 Å². The lowest BCUT2D eigenvalue weighted by Gasteiger charge is -2.19. The van der Waals surface area contributed by atoms with Gasteiger partial charge >= 0.3 is 5.69 Å². The van der Waals surface area contributed by atoms with Crippen LogP contribution in [0, 0.1) is 25.2 Å². The van der Waals surface area contributed by atoms with Gasteiger partial charge in [0.15, 0.2) is 5.69 Å². The number of benzene rings is 1. The van der Waals surface area contributed by atoms with Gasteiger partial charge in [0.1, 0.15) is 6.04 Å². The van der Waals surface area contributed by atoms with Gasteiger partial charge in [-0.25, -0.2) is 14.0 Å². The molecule has 8 heteroatoms. The van der Waals surface area contributed by atoms with Gasteiger partial charge in [-0.15, -0.1) is 0 Å². The average molecular weight is 386 g/mol. The minimum atomic E-state index is -0.771. The zero-order valence-electron chi connectivity index (χ0n) is 16.2. The SMILES string of the molecule is Cc1cncc(-n2c(=O)c(-n3ncc4ccccc43)c(C)n([C@@H](C)C#N)c2=O)c1. The Morgan fingerprint density at radius 1 is 1.10 bits per heavy atom. The van der Waals surface area contributed by atoms with Crippen molar-refractivity contribution in [2.24, 2.45) is 0 Å². The summed E-state index contributed by atoms with van der Waals surface area (Å²) in [5.74, 6) is 0. The van der Waals surface area contributed by atoms with E-state index in [4.69, 9.17) is 0 Å². The fraction of sp³-hybridized carbons (Fsp3) is 0.190. The van der Waals surface area contributed by atoms with E-state index < -0.39 is 17.3 Å². The maximum Gasteiger partial charge on any atom is 0.337 e. The Morgan fingerprint density at radius 2 is 1.86 bits per heavy atom. The molecule has 0 aliphatic carbocycles. The summed E-state index contributed by atoms with van der Waals surface area (Å²) >= 11 is 0. The van der Waals surface area contributed by atoms with Crippen LogP contribution in [-0.2, 0) is 0 Å². The summed E-state index contributed by atoms with van der Waals surface area (Å²) in [5, 5.41) is 14.7. The average Bonchev–Trinajstić information content (AvgIpc) is 3.12. The van der Waals surface area contributed by atoms with Crippen molar-refractivity contribution in [3.63, 3.8) is 0 Å². The molecule has 29 heavy (non-hydrogen) atoms.